The molecule has 2 N–H and O–H groups in total. The minimum Gasteiger partial charge on any atom is -0.480 e. The third kappa shape index (κ3) is 2.93. The zero-order valence-electron chi connectivity index (χ0n) is 9.27. The molecule has 1 aromatic rings. The highest BCUT2D eigenvalue weighted by Crippen LogP contribution is 2.16. The summed E-state index contributed by atoms with van der Waals surface area (Å²) in [6, 6.07) is 5.55. The van der Waals surface area contributed by atoms with Crippen LogP contribution < -0.4 is 10.2 Å². The van der Waals surface area contributed by atoms with Crippen molar-refractivity contribution in [2.24, 2.45) is 0 Å². The van der Waals surface area contributed by atoms with E-state index >= 15 is 0 Å². The first-order valence-electron chi connectivity index (χ1n) is 4.92. The van der Waals surface area contributed by atoms with Crippen LogP contribution in [0.2, 0.25) is 0 Å². The molecule has 1 unspecified atom stereocenters. The predicted molar refractivity (Wildman–Crippen MR) is 60.2 cm³/mol. The molecule has 0 aliphatic heterocycles. The molecule has 5 heteroatoms. The molecule has 0 bridgehead atoms. The lowest BCUT2D eigenvalue weighted by molar-refractivity contribution is -0.139. The van der Waals surface area contributed by atoms with E-state index in [1.807, 2.05) is 0 Å². The normalized spacial score (nSPS) is 12.2. The standard InChI is InChI=1S/C11H15FN2O2/c1-13-9(11(15)16)7-14(2)10-6-4-3-5-8(10)12/h3-6,9,13H,7H2,1-2H3,(H,15,16). The van der Waals surface area contributed by atoms with E-state index < -0.39 is 12.0 Å². The van der Waals surface area contributed by atoms with Crippen LogP contribution in [-0.2, 0) is 4.79 Å². The summed E-state index contributed by atoms with van der Waals surface area (Å²) >= 11 is 0. The molecule has 0 fully saturated rings. The van der Waals surface area contributed by atoms with E-state index in [0.29, 0.717) is 5.69 Å². The SMILES string of the molecule is CNC(CN(C)c1ccccc1F)C(=O)O. The summed E-state index contributed by atoms with van der Waals surface area (Å²) in [5, 5.41) is 11.5. The highest BCUT2D eigenvalue weighted by atomic mass is 19.1. The van der Waals surface area contributed by atoms with Gasteiger partial charge in [-0.25, -0.2) is 4.39 Å². The highest BCUT2D eigenvalue weighted by Gasteiger charge is 2.18. The molecule has 16 heavy (non-hydrogen) atoms. The number of hydrogen-bond donors (Lipinski definition) is 2. The number of anilines is 1. The lowest BCUT2D eigenvalue weighted by atomic mass is 10.2. The Labute approximate surface area is 93.7 Å². The van der Waals surface area contributed by atoms with Gasteiger partial charge in [0.2, 0.25) is 0 Å². The van der Waals surface area contributed by atoms with E-state index in [-0.39, 0.29) is 12.4 Å². The molecule has 4 nitrogen and oxygen atoms in total. The molecule has 0 aromatic heterocycles. The zero-order chi connectivity index (χ0) is 12.1. The first-order chi connectivity index (χ1) is 7.56. The van der Waals surface area contributed by atoms with Crippen molar-refractivity contribution in [3.63, 3.8) is 0 Å². The van der Waals surface area contributed by atoms with Crippen LogP contribution in [-0.4, -0.2) is 37.8 Å². The van der Waals surface area contributed by atoms with Crippen LogP contribution in [0, 0.1) is 5.82 Å². The van der Waals surface area contributed by atoms with Crippen molar-refractivity contribution in [2.45, 2.75) is 6.04 Å². The van der Waals surface area contributed by atoms with Crippen LogP contribution in [0.25, 0.3) is 0 Å². The van der Waals surface area contributed by atoms with Gasteiger partial charge in [0, 0.05) is 13.6 Å². The Kier molecular flexibility index (Phi) is 4.25. The number of para-hydroxylation sites is 1. The molecular weight excluding hydrogens is 211 g/mol. The van der Waals surface area contributed by atoms with Crippen molar-refractivity contribution in [2.75, 3.05) is 25.5 Å². The van der Waals surface area contributed by atoms with Crippen molar-refractivity contribution >= 4 is 11.7 Å². The fourth-order valence-electron chi connectivity index (χ4n) is 1.43. The van der Waals surface area contributed by atoms with Gasteiger partial charge in [-0.2, -0.15) is 0 Å². The second-order valence-electron chi connectivity index (χ2n) is 3.51. The number of carboxylic acid groups (broad SMARTS) is 1. The second kappa shape index (κ2) is 5.46. The highest BCUT2D eigenvalue weighted by molar-refractivity contribution is 5.74. The lowest BCUT2D eigenvalue weighted by Gasteiger charge is -2.23. The number of likely N-dealkylation sites (N-methyl/N-ethyl adjacent to an activating group) is 2. The smallest absolute Gasteiger partial charge is 0.322 e. The van der Waals surface area contributed by atoms with Crippen LogP contribution >= 0.6 is 0 Å². The van der Waals surface area contributed by atoms with Crippen LogP contribution in [0.1, 0.15) is 0 Å². The van der Waals surface area contributed by atoms with Gasteiger partial charge in [0.25, 0.3) is 0 Å². The number of nitrogens with zero attached hydrogens (tertiary/aromatic N) is 1. The first kappa shape index (κ1) is 12.4. The Bertz CT molecular complexity index is 371. The van der Waals surface area contributed by atoms with Gasteiger partial charge in [0.1, 0.15) is 11.9 Å². The maximum atomic E-state index is 13.4. The Morgan fingerprint density at radius 2 is 2.19 bits per heavy atom. The van der Waals surface area contributed by atoms with Gasteiger partial charge in [0.05, 0.1) is 5.69 Å². The Morgan fingerprint density at radius 3 is 2.69 bits per heavy atom. The van der Waals surface area contributed by atoms with Crippen molar-refractivity contribution in [1.82, 2.24) is 5.32 Å². The van der Waals surface area contributed by atoms with Gasteiger partial charge in [-0.05, 0) is 19.2 Å². The maximum Gasteiger partial charge on any atom is 0.322 e. The molecule has 0 saturated heterocycles. The van der Waals surface area contributed by atoms with Crippen LogP contribution in [0.3, 0.4) is 0 Å². The summed E-state index contributed by atoms with van der Waals surface area (Å²) < 4.78 is 13.4. The van der Waals surface area contributed by atoms with E-state index in [4.69, 9.17) is 5.11 Å². The van der Waals surface area contributed by atoms with Crippen molar-refractivity contribution < 1.29 is 14.3 Å². The van der Waals surface area contributed by atoms with Crippen molar-refractivity contribution in [3.8, 4) is 0 Å². The van der Waals surface area contributed by atoms with E-state index in [0.717, 1.165) is 0 Å². The van der Waals surface area contributed by atoms with Gasteiger partial charge in [-0.15, -0.1) is 0 Å². The molecule has 0 aliphatic carbocycles. The largest absolute Gasteiger partial charge is 0.480 e. The fourth-order valence-corrected chi connectivity index (χ4v) is 1.43. The van der Waals surface area contributed by atoms with Crippen molar-refractivity contribution in [1.29, 1.82) is 0 Å². The molecule has 0 spiro atoms. The first-order valence-corrected chi connectivity index (χ1v) is 4.92. The molecule has 0 amide bonds. The summed E-state index contributed by atoms with van der Waals surface area (Å²) in [7, 11) is 3.22. The van der Waals surface area contributed by atoms with E-state index in [9.17, 15) is 9.18 Å². The van der Waals surface area contributed by atoms with Gasteiger partial charge in [0.15, 0.2) is 0 Å². The monoisotopic (exact) mass is 226 g/mol. The van der Waals surface area contributed by atoms with E-state index in [1.54, 1.807) is 37.2 Å². The average Bonchev–Trinajstić information content (AvgIpc) is 2.25. The van der Waals surface area contributed by atoms with Crippen molar-refractivity contribution in [3.05, 3.63) is 30.1 Å². The summed E-state index contributed by atoms with van der Waals surface area (Å²) in [6.45, 7) is 0.201. The number of carboxylic acids is 1. The maximum absolute atomic E-state index is 13.4. The van der Waals surface area contributed by atoms with Gasteiger partial charge in [-0.3, -0.25) is 4.79 Å². The number of nitrogens with one attached hydrogen (secondary N) is 1. The van der Waals surface area contributed by atoms with Crippen LogP contribution in [0.4, 0.5) is 10.1 Å². The summed E-state index contributed by atoms with van der Waals surface area (Å²) in [5.74, 6) is -1.31. The predicted octanol–water partition coefficient (Wildman–Crippen LogP) is 0.934. The lowest BCUT2D eigenvalue weighted by Crippen LogP contribution is -2.43. The van der Waals surface area contributed by atoms with Gasteiger partial charge in [-0.1, -0.05) is 12.1 Å². The van der Waals surface area contributed by atoms with E-state index in [1.165, 1.54) is 6.07 Å². The molecule has 0 aliphatic rings. The summed E-state index contributed by atoms with van der Waals surface area (Å²) in [5.41, 5.74) is 0.393. The van der Waals surface area contributed by atoms with Gasteiger partial charge < -0.3 is 15.3 Å². The third-order valence-electron chi connectivity index (χ3n) is 2.37. The van der Waals surface area contributed by atoms with Crippen LogP contribution in [0.15, 0.2) is 24.3 Å². The average molecular weight is 226 g/mol. The minimum atomic E-state index is -0.953. The Balaban J connectivity index is 2.75. The second-order valence-corrected chi connectivity index (χ2v) is 3.51. The summed E-state index contributed by atoms with van der Waals surface area (Å²) in [6.07, 6.45) is 0. The molecule has 88 valence electrons. The fraction of sp³-hybridized carbons (Fsp3) is 0.364. The quantitative estimate of drug-likeness (QED) is 0.784. The number of aliphatic carboxylic acids is 1. The van der Waals surface area contributed by atoms with E-state index in [2.05, 4.69) is 5.32 Å². The zero-order valence-corrected chi connectivity index (χ0v) is 9.27. The third-order valence-corrected chi connectivity index (χ3v) is 2.37. The molecule has 1 rings (SSSR count). The number of benzene rings is 1. The molecule has 1 aromatic carbocycles. The minimum absolute atomic E-state index is 0.201. The molecule has 0 heterocycles. The summed E-state index contributed by atoms with van der Waals surface area (Å²) in [4.78, 5) is 12.4. The number of halogens is 1. The van der Waals surface area contributed by atoms with Crippen LogP contribution in [0.5, 0.6) is 0 Å². The number of carbonyl (C=O) groups is 1. The molecular formula is C11H15FN2O2. The Morgan fingerprint density at radius 1 is 1.56 bits per heavy atom. The molecule has 1 atom stereocenters. The van der Waals surface area contributed by atoms with Gasteiger partial charge >= 0.3 is 5.97 Å². The molecule has 0 saturated carbocycles. The number of rotatable bonds is 5. The topological polar surface area (TPSA) is 52.6 Å². The molecule has 0 radical (unpaired) electrons. The Hall–Kier alpha value is -1.62. The number of hydrogen-bond acceptors (Lipinski definition) is 3.